The molecule has 10 heteroatoms. The van der Waals surface area contributed by atoms with Crippen LogP contribution in [0.15, 0.2) is 22.8 Å². The van der Waals surface area contributed by atoms with Crippen LogP contribution < -0.4 is 4.74 Å². The number of rotatable bonds is 4. The van der Waals surface area contributed by atoms with E-state index in [1.807, 2.05) is 12.3 Å². The molecule has 8 nitrogen and oxygen atoms in total. The summed E-state index contributed by atoms with van der Waals surface area (Å²) >= 11 is 10.0. The summed E-state index contributed by atoms with van der Waals surface area (Å²) in [5, 5.41) is 10.5. The fourth-order valence-corrected chi connectivity index (χ4v) is 5.39. The van der Waals surface area contributed by atoms with E-state index in [0.29, 0.717) is 41.1 Å². The van der Waals surface area contributed by atoms with Gasteiger partial charge in [-0.2, -0.15) is 4.98 Å². The highest BCUT2D eigenvalue weighted by molar-refractivity contribution is 9.10. The number of aromatic amines is 1. The molecule has 5 heterocycles. The van der Waals surface area contributed by atoms with Gasteiger partial charge >= 0.3 is 0 Å². The number of aliphatic hydroxyl groups is 1. The maximum Gasteiger partial charge on any atom is 0.296 e. The van der Waals surface area contributed by atoms with Crippen LogP contribution in [0.5, 0.6) is 6.01 Å². The van der Waals surface area contributed by atoms with Crippen molar-refractivity contribution >= 4 is 38.7 Å². The van der Waals surface area contributed by atoms with Crippen molar-refractivity contribution in [2.24, 2.45) is 0 Å². The summed E-state index contributed by atoms with van der Waals surface area (Å²) in [5.74, 6) is 0.290. The highest BCUT2D eigenvalue weighted by Gasteiger charge is 2.48. The first-order valence-electron chi connectivity index (χ1n) is 10.3. The first-order chi connectivity index (χ1) is 15.0. The minimum absolute atomic E-state index is 0.256. The van der Waals surface area contributed by atoms with Crippen LogP contribution in [0.3, 0.4) is 0 Å². The molecule has 0 bridgehead atoms. The molecule has 162 valence electrons. The van der Waals surface area contributed by atoms with E-state index in [1.54, 1.807) is 0 Å². The molecule has 2 fully saturated rings. The number of ether oxygens (including phenoxy) is 3. The maximum absolute atomic E-state index is 9.89. The van der Waals surface area contributed by atoms with E-state index in [0.717, 1.165) is 28.7 Å². The van der Waals surface area contributed by atoms with Gasteiger partial charge in [-0.25, -0.2) is 4.98 Å². The third kappa shape index (κ3) is 3.52. The second-order valence-electron chi connectivity index (χ2n) is 8.29. The summed E-state index contributed by atoms with van der Waals surface area (Å²) in [4.78, 5) is 17.0. The van der Waals surface area contributed by atoms with Gasteiger partial charge in [0.2, 0.25) is 0 Å². The average molecular weight is 508 g/mol. The number of aromatic nitrogens is 4. The van der Waals surface area contributed by atoms with Crippen molar-refractivity contribution in [1.82, 2.24) is 19.9 Å². The number of hydrogen-bond donors (Lipinski definition) is 2. The number of aliphatic hydroxyl groups excluding tert-OH is 1. The lowest BCUT2D eigenvalue weighted by Crippen LogP contribution is -2.34. The summed E-state index contributed by atoms with van der Waals surface area (Å²) in [6.07, 6.45) is 2.99. The van der Waals surface area contributed by atoms with E-state index < -0.39 is 6.10 Å². The largest absolute Gasteiger partial charge is 0.456 e. The zero-order valence-electron chi connectivity index (χ0n) is 16.4. The van der Waals surface area contributed by atoms with Crippen molar-refractivity contribution in [3.05, 3.63) is 44.8 Å². The molecule has 0 aromatic carbocycles. The summed E-state index contributed by atoms with van der Waals surface area (Å²) in [6.45, 7) is 0.596. The second-order valence-corrected chi connectivity index (χ2v) is 9.61. The molecule has 5 atom stereocenters. The second kappa shape index (κ2) is 7.67. The van der Waals surface area contributed by atoms with Gasteiger partial charge < -0.3 is 24.3 Å². The molecule has 6 rings (SSSR count). The Bertz CT molecular complexity index is 1160. The SMILES string of the molecule is O[C@@H]1CO[C@H]2[C@@H]1OC[C@H]2Oc1nc2nc(CC3CCc4cc(Br)cnc43)c(Cl)cc2[nH]1. The van der Waals surface area contributed by atoms with Gasteiger partial charge in [0.05, 0.1) is 29.4 Å². The molecule has 1 unspecified atom stereocenters. The van der Waals surface area contributed by atoms with Crippen LogP contribution in [0.2, 0.25) is 5.02 Å². The fraction of sp³-hybridized carbons (Fsp3) is 0.476. The molecular weight excluding hydrogens is 488 g/mol. The number of H-pyrrole nitrogens is 1. The zero-order chi connectivity index (χ0) is 21.1. The van der Waals surface area contributed by atoms with E-state index in [2.05, 4.69) is 36.9 Å². The molecule has 0 saturated carbocycles. The molecule has 0 radical (unpaired) electrons. The van der Waals surface area contributed by atoms with Gasteiger partial charge in [0.1, 0.15) is 18.3 Å². The van der Waals surface area contributed by atoms with E-state index in [-0.39, 0.29) is 24.9 Å². The third-order valence-electron chi connectivity index (χ3n) is 6.28. The Morgan fingerprint density at radius 3 is 3.00 bits per heavy atom. The van der Waals surface area contributed by atoms with Crippen LogP contribution in [0.25, 0.3) is 11.2 Å². The number of aryl methyl sites for hydroxylation is 1. The Morgan fingerprint density at radius 1 is 1.23 bits per heavy atom. The summed E-state index contributed by atoms with van der Waals surface area (Å²) in [7, 11) is 0. The monoisotopic (exact) mass is 506 g/mol. The first kappa shape index (κ1) is 19.9. The molecule has 2 aliphatic heterocycles. The van der Waals surface area contributed by atoms with Gasteiger partial charge in [0.15, 0.2) is 11.8 Å². The molecule has 0 spiro atoms. The predicted octanol–water partition coefficient (Wildman–Crippen LogP) is 2.95. The Balaban J connectivity index is 1.22. The smallest absolute Gasteiger partial charge is 0.296 e. The lowest BCUT2D eigenvalue weighted by Gasteiger charge is -2.15. The third-order valence-corrected chi connectivity index (χ3v) is 7.04. The van der Waals surface area contributed by atoms with Gasteiger partial charge in [-0.05, 0) is 52.9 Å². The quantitative estimate of drug-likeness (QED) is 0.560. The molecular formula is C21H20BrClN4O4. The number of nitrogens with zero attached hydrogens (tertiary/aromatic N) is 3. The molecule has 3 aliphatic rings. The van der Waals surface area contributed by atoms with Crippen LogP contribution in [-0.4, -0.2) is 62.7 Å². The lowest BCUT2D eigenvalue weighted by atomic mass is 10.00. The number of pyridine rings is 2. The number of hydrogen-bond acceptors (Lipinski definition) is 7. The average Bonchev–Trinajstić information content (AvgIpc) is 3.49. The summed E-state index contributed by atoms with van der Waals surface area (Å²) in [5.41, 5.74) is 4.48. The highest BCUT2D eigenvalue weighted by atomic mass is 79.9. The van der Waals surface area contributed by atoms with E-state index in [9.17, 15) is 5.11 Å². The maximum atomic E-state index is 9.89. The number of nitrogens with one attached hydrogen (secondary N) is 1. The van der Waals surface area contributed by atoms with Gasteiger partial charge in [-0.15, -0.1) is 0 Å². The van der Waals surface area contributed by atoms with Gasteiger partial charge in [0, 0.05) is 22.3 Å². The van der Waals surface area contributed by atoms with Gasteiger partial charge in [-0.1, -0.05) is 11.6 Å². The number of halogens is 2. The lowest BCUT2D eigenvalue weighted by molar-refractivity contribution is 0.00706. The Kier molecular flexibility index (Phi) is 4.92. The molecule has 3 aromatic heterocycles. The summed E-state index contributed by atoms with van der Waals surface area (Å²) in [6, 6.07) is 4.32. The topological polar surface area (TPSA) is 102 Å². The molecule has 2 saturated heterocycles. The minimum atomic E-state index is -0.617. The van der Waals surface area contributed by atoms with Crippen molar-refractivity contribution < 1.29 is 19.3 Å². The number of fused-ring (bicyclic) bond motifs is 3. The Morgan fingerprint density at radius 2 is 2.10 bits per heavy atom. The zero-order valence-corrected chi connectivity index (χ0v) is 18.8. The van der Waals surface area contributed by atoms with Gasteiger partial charge in [-0.3, -0.25) is 4.98 Å². The molecule has 31 heavy (non-hydrogen) atoms. The van der Waals surface area contributed by atoms with Crippen molar-refractivity contribution in [2.45, 2.75) is 49.6 Å². The first-order valence-corrected chi connectivity index (χ1v) is 11.5. The van der Waals surface area contributed by atoms with Crippen LogP contribution in [0.1, 0.15) is 29.3 Å². The number of imidazole rings is 1. The van der Waals surface area contributed by atoms with Crippen molar-refractivity contribution in [3.63, 3.8) is 0 Å². The van der Waals surface area contributed by atoms with E-state index in [4.69, 9.17) is 30.8 Å². The van der Waals surface area contributed by atoms with Crippen LogP contribution >= 0.6 is 27.5 Å². The molecule has 1 aliphatic carbocycles. The van der Waals surface area contributed by atoms with Gasteiger partial charge in [0.25, 0.3) is 6.01 Å². The highest BCUT2D eigenvalue weighted by Crippen LogP contribution is 2.37. The molecule has 0 amide bonds. The normalized spacial score (nSPS) is 29.5. The van der Waals surface area contributed by atoms with Crippen molar-refractivity contribution in [1.29, 1.82) is 0 Å². The van der Waals surface area contributed by atoms with Crippen molar-refractivity contribution in [2.75, 3.05) is 13.2 Å². The summed E-state index contributed by atoms with van der Waals surface area (Å²) < 4.78 is 18.2. The van der Waals surface area contributed by atoms with Crippen LogP contribution in [-0.2, 0) is 22.3 Å². The van der Waals surface area contributed by atoms with Crippen LogP contribution in [0, 0.1) is 0 Å². The van der Waals surface area contributed by atoms with E-state index >= 15 is 0 Å². The Hall–Kier alpha value is -1.78. The molecule has 3 aromatic rings. The Labute approximate surface area is 191 Å². The molecule has 2 N–H and O–H groups in total. The minimum Gasteiger partial charge on any atom is -0.456 e. The van der Waals surface area contributed by atoms with Crippen LogP contribution in [0.4, 0.5) is 0 Å². The predicted molar refractivity (Wildman–Crippen MR) is 116 cm³/mol. The standard InChI is InChI=1S/C21H20BrClN4O4/c22-11-3-9-1-2-10(17(9)24-6-11)4-13-12(23)5-14-20(25-13)27-21(26-14)31-16-8-30-18-15(28)7-29-19(16)18/h3,5-6,10,15-16,18-19,28H,1-2,4,7-8H2,(H,25,26,27)/t10?,15-,16-,18-,19-/m1/s1. The van der Waals surface area contributed by atoms with Crippen molar-refractivity contribution in [3.8, 4) is 6.01 Å². The van der Waals surface area contributed by atoms with E-state index in [1.165, 1.54) is 5.56 Å². The fourth-order valence-electron chi connectivity index (χ4n) is 4.78.